The van der Waals surface area contributed by atoms with Crippen molar-refractivity contribution in [3.05, 3.63) is 60.3 Å². The number of carbonyl (C=O) groups excluding carboxylic acids is 1. The second-order valence-electron chi connectivity index (χ2n) is 5.25. The Labute approximate surface area is 145 Å². The Morgan fingerprint density at radius 2 is 1.80 bits per heavy atom. The number of anilines is 4. The number of nitrogens with one attached hydrogen (secondary N) is 2. The summed E-state index contributed by atoms with van der Waals surface area (Å²) in [5, 5.41) is 14.1. The van der Waals surface area contributed by atoms with Crippen molar-refractivity contribution in [2.75, 3.05) is 17.7 Å². The number of para-hydroxylation sites is 2. The summed E-state index contributed by atoms with van der Waals surface area (Å²) in [6.07, 6.45) is 1.52. The van der Waals surface area contributed by atoms with Crippen molar-refractivity contribution in [1.29, 1.82) is 0 Å². The number of nitrogens with zero attached hydrogens (tertiary/aromatic N) is 3. The number of hydrogen-bond acceptors (Lipinski definition) is 7. The van der Waals surface area contributed by atoms with Gasteiger partial charge in [0.05, 0.1) is 19.0 Å². The highest BCUT2D eigenvalue weighted by Crippen LogP contribution is 2.26. The molecule has 0 unspecified atom stereocenters. The molecule has 7 nitrogen and oxygen atoms in total. The van der Waals surface area contributed by atoms with Gasteiger partial charge in [-0.25, -0.2) is 0 Å². The Hall–Kier alpha value is -3.48. The maximum atomic E-state index is 11.3. The van der Waals surface area contributed by atoms with Crippen molar-refractivity contribution in [1.82, 2.24) is 15.2 Å². The van der Waals surface area contributed by atoms with Gasteiger partial charge >= 0.3 is 0 Å². The van der Waals surface area contributed by atoms with Crippen molar-refractivity contribution >= 4 is 28.9 Å². The fourth-order valence-corrected chi connectivity index (χ4v) is 2.22. The normalized spacial score (nSPS) is 10.2. The van der Waals surface area contributed by atoms with Gasteiger partial charge in [0, 0.05) is 11.3 Å². The first kappa shape index (κ1) is 16.4. The zero-order valence-corrected chi connectivity index (χ0v) is 13.9. The Morgan fingerprint density at radius 1 is 1.04 bits per heavy atom. The predicted molar refractivity (Wildman–Crippen MR) is 95.8 cm³/mol. The molecule has 2 N–H and O–H groups in total. The van der Waals surface area contributed by atoms with Gasteiger partial charge in [-0.15, -0.1) is 5.10 Å². The largest absolute Gasteiger partial charge is 0.495 e. The van der Waals surface area contributed by atoms with Crippen LogP contribution < -0.4 is 15.4 Å². The van der Waals surface area contributed by atoms with E-state index in [9.17, 15) is 4.79 Å². The standard InChI is InChI=1S/C18H17N5O2/c1-12(24)13-7-9-14(10-8-13)20-18-22-17(11-19-23-18)21-15-5-3-4-6-16(15)25-2/h3-11H,1-2H3,(H2,20,21,22,23). The highest BCUT2D eigenvalue weighted by molar-refractivity contribution is 5.94. The first-order valence-electron chi connectivity index (χ1n) is 7.63. The van der Waals surface area contributed by atoms with Crippen molar-refractivity contribution in [2.45, 2.75) is 6.92 Å². The van der Waals surface area contributed by atoms with E-state index in [4.69, 9.17) is 4.74 Å². The molecule has 1 heterocycles. The molecule has 0 aliphatic carbocycles. The topological polar surface area (TPSA) is 89.0 Å². The van der Waals surface area contributed by atoms with Gasteiger partial charge < -0.3 is 15.4 Å². The first-order valence-corrected chi connectivity index (χ1v) is 7.63. The van der Waals surface area contributed by atoms with Crippen molar-refractivity contribution in [3.63, 3.8) is 0 Å². The zero-order chi connectivity index (χ0) is 17.6. The van der Waals surface area contributed by atoms with E-state index >= 15 is 0 Å². The van der Waals surface area contributed by atoms with E-state index in [0.717, 1.165) is 11.4 Å². The number of aromatic nitrogens is 3. The molecular formula is C18H17N5O2. The summed E-state index contributed by atoms with van der Waals surface area (Å²) >= 11 is 0. The predicted octanol–water partition coefficient (Wildman–Crippen LogP) is 3.57. The minimum Gasteiger partial charge on any atom is -0.495 e. The molecule has 0 fully saturated rings. The van der Waals surface area contributed by atoms with E-state index in [1.165, 1.54) is 13.1 Å². The minimum absolute atomic E-state index is 0.0208. The summed E-state index contributed by atoms with van der Waals surface area (Å²) in [6, 6.07) is 14.6. The molecule has 0 aliphatic rings. The van der Waals surface area contributed by atoms with Crippen LogP contribution in [0.2, 0.25) is 0 Å². The van der Waals surface area contributed by atoms with Crippen LogP contribution in [0.5, 0.6) is 5.75 Å². The van der Waals surface area contributed by atoms with Gasteiger partial charge in [0.1, 0.15) is 5.75 Å². The summed E-state index contributed by atoms with van der Waals surface area (Å²) in [7, 11) is 1.61. The SMILES string of the molecule is COc1ccccc1Nc1cnnc(Nc2ccc(C(C)=O)cc2)n1. The maximum absolute atomic E-state index is 11.3. The van der Waals surface area contributed by atoms with Crippen molar-refractivity contribution in [2.24, 2.45) is 0 Å². The third kappa shape index (κ3) is 4.08. The van der Waals surface area contributed by atoms with Gasteiger partial charge in [0.25, 0.3) is 0 Å². The average molecular weight is 335 g/mol. The molecule has 0 aliphatic heterocycles. The fraction of sp³-hybridized carbons (Fsp3) is 0.111. The number of benzene rings is 2. The number of rotatable bonds is 6. The highest BCUT2D eigenvalue weighted by atomic mass is 16.5. The van der Waals surface area contributed by atoms with Crippen molar-refractivity contribution < 1.29 is 9.53 Å². The second kappa shape index (κ2) is 7.39. The molecule has 0 bridgehead atoms. The van der Waals surface area contributed by atoms with Crippen LogP contribution in [-0.4, -0.2) is 28.1 Å². The lowest BCUT2D eigenvalue weighted by Gasteiger charge is -2.10. The van der Waals surface area contributed by atoms with E-state index in [2.05, 4.69) is 25.8 Å². The van der Waals surface area contributed by atoms with Gasteiger partial charge in [-0.05, 0) is 43.3 Å². The first-order chi connectivity index (χ1) is 12.2. The van der Waals surface area contributed by atoms with Gasteiger partial charge in [-0.3, -0.25) is 4.79 Å². The molecule has 3 rings (SSSR count). The maximum Gasteiger partial charge on any atom is 0.249 e. The minimum atomic E-state index is 0.0208. The third-order valence-electron chi connectivity index (χ3n) is 3.48. The van der Waals surface area contributed by atoms with Crippen LogP contribution in [0, 0.1) is 0 Å². The van der Waals surface area contributed by atoms with Gasteiger partial charge in [-0.2, -0.15) is 10.1 Å². The van der Waals surface area contributed by atoms with E-state index < -0.39 is 0 Å². The number of ether oxygens (including phenoxy) is 1. The molecule has 1 aromatic heterocycles. The number of hydrogen-bond donors (Lipinski definition) is 2. The molecule has 0 radical (unpaired) electrons. The lowest BCUT2D eigenvalue weighted by atomic mass is 10.1. The molecule has 0 spiro atoms. The van der Waals surface area contributed by atoms with Gasteiger partial charge in [-0.1, -0.05) is 12.1 Å². The second-order valence-corrected chi connectivity index (χ2v) is 5.25. The molecule has 0 saturated carbocycles. The Kier molecular flexibility index (Phi) is 4.84. The molecule has 0 atom stereocenters. The molecule has 126 valence electrons. The van der Waals surface area contributed by atoms with E-state index in [1.807, 2.05) is 24.3 Å². The lowest BCUT2D eigenvalue weighted by molar-refractivity contribution is 0.101. The van der Waals surface area contributed by atoms with Crippen LogP contribution in [0.25, 0.3) is 0 Å². The van der Waals surface area contributed by atoms with Crippen LogP contribution in [0.1, 0.15) is 17.3 Å². The zero-order valence-electron chi connectivity index (χ0n) is 13.9. The monoisotopic (exact) mass is 335 g/mol. The van der Waals surface area contributed by atoms with Crippen LogP contribution >= 0.6 is 0 Å². The Bertz CT molecular complexity index is 881. The van der Waals surface area contributed by atoms with Gasteiger partial charge in [0.15, 0.2) is 11.6 Å². The Balaban J connectivity index is 1.76. The van der Waals surface area contributed by atoms with E-state index in [-0.39, 0.29) is 5.78 Å². The Morgan fingerprint density at radius 3 is 2.52 bits per heavy atom. The molecule has 7 heteroatoms. The number of ketones is 1. The number of methoxy groups -OCH3 is 1. The molecule has 25 heavy (non-hydrogen) atoms. The summed E-state index contributed by atoms with van der Waals surface area (Å²) in [6.45, 7) is 1.53. The van der Waals surface area contributed by atoms with Gasteiger partial charge in [0.2, 0.25) is 5.95 Å². The van der Waals surface area contributed by atoms with E-state index in [1.54, 1.807) is 31.4 Å². The lowest BCUT2D eigenvalue weighted by Crippen LogP contribution is -2.03. The molecule has 2 aromatic carbocycles. The van der Waals surface area contributed by atoms with E-state index in [0.29, 0.717) is 23.1 Å². The summed E-state index contributed by atoms with van der Waals surface area (Å²) < 4.78 is 5.30. The smallest absolute Gasteiger partial charge is 0.249 e. The van der Waals surface area contributed by atoms with Crippen LogP contribution in [0.4, 0.5) is 23.1 Å². The average Bonchev–Trinajstić information content (AvgIpc) is 2.63. The van der Waals surface area contributed by atoms with Crippen LogP contribution in [0.3, 0.4) is 0 Å². The number of Topliss-reactive ketones (excluding diaryl/α,β-unsaturated/α-hetero) is 1. The molecule has 0 amide bonds. The summed E-state index contributed by atoms with van der Waals surface area (Å²) in [5.74, 6) is 1.60. The summed E-state index contributed by atoms with van der Waals surface area (Å²) in [4.78, 5) is 15.7. The number of carbonyl (C=O) groups is 1. The summed E-state index contributed by atoms with van der Waals surface area (Å²) in [5.41, 5.74) is 2.19. The third-order valence-corrected chi connectivity index (χ3v) is 3.48. The molecule has 3 aromatic rings. The molecular weight excluding hydrogens is 318 g/mol. The van der Waals surface area contributed by atoms with Crippen LogP contribution in [0.15, 0.2) is 54.7 Å². The highest BCUT2D eigenvalue weighted by Gasteiger charge is 2.06. The quantitative estimate of drug-likeness (QED) is 0.666. The molecule has 0 saturated heterocycles. The van der Waals surface area contributed by atoms with Crippen LogP contribution in [-0.2, 0) is 0 Å². The fourth-order valence-electron chi connectivity index (χ4n) is 2.22. The van der Waals surface area contributed by atoms with Crippen molar-refractivity contribution in [3.8, 4) is 5.75 Å².